The molecular formula is C13H23N5O3. The molecule has 0 saturated carbocycles. The summed E-state index contributed by atoms with van der Waals surface area (Å²) in [6, 6.07) is 0. The number of amides is 2. The molecule has 118 valence electrons. The Balaban J connectivity index is 2.53. The Labute approximate surface area is 124 Å². The van der Waals surface area contributed by atoms with Crippen LogP contribution < -0.4 is 10.6 Å². The van der Waals surface area contributed by atoms with E-state index in [9.17, 15) is 9.59 Å². The van der Waals surface area contributed by atoms with Crippen molar-refractivity contribution in [3.8, 4) is 0 Å². The van der Waals surface area contributed by atoms with E-state index < -0.39 is 5.54 Å². The molecule has 0 spiro atoms. The highest BCUT2D eigenvalue weighted by molar-refractivity contribution is 5.89. The largest absolute Gasteiger partial charge is 0.385 e. The quantitative estimate of drug-likeness (QED) is 0.650. The van der Waals surface area contributed by atoms with Crippen LogP contribution in [0, 0.1) is 0 Å². The number of aryl methyl sites for hydroxylation is 1. The van der Waals surface area contributed by atoms with Crippen LogP contribution in [-0.2, 0) is 27.4 Å². The summed E-state index contributed by atoms with van der Waals surface area (Å²) < 4.78 is 6.86. The third kappa shape index (κ3) is 5.50. The van der Waals surface area contributed by atoms with Crippen molar-refractivity contribution in [1.29, 1.82) is 0 Å². The van der Waals surface area contributed by atoms with Crippen LogP contribution in [0.2, 0.25) is 0 Å². The van der Waals surface area contributed by atoms with Gasteiger partial charge >= 0.3 is 0 Å². The summed E-state index contributed by atoms with van der Waals surface area (Å²) in [5.74, 6) is 0.139. The first-order valence-corrected chi connectivity index (χ1v) is 6.79. The highest BCUT2D eigenvalue weighted by atomic mass is 16.5. The summed E-state index contributed by atoms with van der Waals surface area (Å²) in [5.41, 5.74) is -0.966. The van der Waals surface area contributed by atoms with Gasteiger partial charge in [-0.25, -0.2) is 0 Å². The van der Waals surface area contributed by atoms with Gasteiger partial charge in [0.25, 0.3) is 0 Å². The average molecular weight is 297 g/mol. The monoisotopic (exact) mass is 297 g/mol. The lowest BCUT2D eigenvalue weighted by Gasteiger charge is -2.24. The van der Waals surface area contributed by atoms with Crippen LogP contribution in [0.25, 0.3) is 0 Å². The number of hydrogen-bond acceptors (Lipinski definition) is 5. The number of ether oxygens (including phenoxy) is 1. The van der Waals surface area contributed by atoms with E-state index in [0.29, 0.717) is 12.4 Å². The normalized spacial score (nSPS) is 11.2. The molecule has 0 aliphatic carbocycles. The Hall–Kier alpha value is -1.96. The number of carbonyl (C=O) groups excluding carboxylic acids is 2. The third-order valence-electron chi connectivity index (χ3n) is 2.91. The summed E-state index contributed by atoms with van der Waals surface area (Å²) in [7, 11) is 1.65. The fourth-order valence-corrected chi connectivity index (χ4v) is 1.86. The number of nitrogens with zero attached hydrogens (tertiary/aromatic N) is 3. The van der Waals surface area contributed by atoms with Gasteiger partial charge in [-0.15, -0.1) is 10.2 Å². The van der Waals surface area contributed by atoms with E-state index in [4.69, 9.17) is 4.74 Å². The summed E-state index contributed by atoms with van der Waals surface area (Å²) in [5, 5.41) is 13.2. The second-order valence-corrected chi connectivity index (χ2v) is 5.28. The predicted molar refractivity (Wildman–Crippen MR) is 76.3 cm³/mol. The molecule has 1 aromatic heterocycles. The minimum absolute atomic E-state index is 0.252. The maximum atomic E-state index is 12.1. The zero-order chi connectivity index (χ0) is 15.9. The van der Waals surface area contributed by atoms with Gasteiger partial charge < -0.3 is 19.9 Å². The Bertz CT molecular complexity index is 484. The van der Waals surface area contributed by atoms with Gasteiger partial charge in [0.2, 0.25) is 11.8 Å². The molecule has 0 aliphatic heterocycles. The van der Waals surface area contributed by atoms with Crippen molar-refractivity contribution >= 4 is 11.8 Å². The molecule has 1 heterocycles. The fraction of sp³-hybridized carbons (Fsp3) is 0.692. The van der Waals surface area contributed by atoms with Crippen molar-refractivity contribution in [3.05, 3.63) is 12.2 Å². The van der Waals surface area contributed by atoms with Gasteiger partial charge in [-0.05, 0) is 20.3 Å². The molecule has 2 amide bonds. The van der Waals surface area contributed by atoms with E-state index in [2.05, 4.69) is 20.8 Å². The first-order chi connectivity index (χ1) is 9.86. The Morgan fingerprint density at radius 2 is 2.14 bits per heavy atom. The summed E-state index contributed by atoms with van der Waals surface area (Å²) in [6.07, 6.45) is 2.46. The van der Waals surface area contributed by atoms with Crippen LogP contribution in [0.4, 0.5) is 0 Å². The number of rotatable bonds is 8. The SMILES string of the molecule is COCCCn1cnnc1CNC(=O)C(C)(C)NC(C)=O. The fourth-order valence-electron chi connectivity index (χ4n) is 1.86. The van der Waals surface area contributed by atoms with Crippen molar-refractivity contribution in [2.45, 2.75) is 45.8 Å². The Kier molecular flexibility index (Phi) is 6.29. The first kappa shape index (κ1) is 17.1. The smallest absolute Gasteiger partial charge is 0.245 e. The van der Waals surface area contributed by atoms with Gasteiger partial charge in [-0.3, -0.25) is 9.59 Å². The second-order valence-electron chi connectivity index (χ2n) is 5.28. The van der Waals surface area contributed by atoms with E-state index in [1.165, 1.54) is 6.92 Å². The molecule has 8 nitrogen and oxygen atoms in total. The van der Waals surface area contributed by atoms with E-state index in [1.54, 1.807) is 27.3 Å². The van der Waals surface area contributed by atoms with Crippen LogP contribution in [-0.4, -0.2) is 45.8 Å². The topological polar surface area (TPSA) is 98.1 Å². The predicted octanol–water partition coefficient (Wildman–Crippen LogP) is -0.154. The summed E-state index contributed by atoms with van der Waals surface area (Å²) >= 11 is 0. The number of aromatic nitrogens is 3. The zero-order valence-electron chi connectivity index (χ0n) is 13.0. The molecule has 0 saturated heterocycles. The van der Waals surface area contributed by atoms with Gasteiger partial charge in [0.15, 0.2) is 5.82 Å². The molecule has 0 bridgehead atoms. The number of hydrogen-bond donors (Lipinski definition) is 2. The van der Waals surface area contributed by atoms with Gasteiger partial charge in [-0.1, -0.05) is 0 Å². The van der Waals surface area contributed by atoms with Crippen molar-refractivity contribution in [2.75, 3.05) is 13.7 Å². The first-order valence-electron chi connectivity index (χ1n) is 6.79. The van der Waals surface area contributed by atoms with E-state index in [1.807, 2.05) is 4.57 Å². The number of nitrogens with one attached hydrogen (secondary N) is 2. The zero-order valence-corrected chi connectivity index (χ0v) is 13.0. The molecular weight excluding hydrogens is 274 g/mol. The molecule has 0 radical (unpaired) electrons. The molecule has 0 unspecified atom stereocenters. The molecule has 0 atom stereocenters. The lowest BCUT2D eigenvalue weighted by Crippen LogP contribution is -2.54. The molecule has 1 aromatic rings. The standard InChI is InChI=1S/C13H23N5O3/c1-10(19)16-13(2,3)12(20)14-8-11-17-15-9-18(11)6-5-7-21-4/h9H,5-8H2,1-4H3,(H,14,20)(H,16,19). The number of methoxy groups -OCH3 is 1. The molecule has 0 aliphatic rings. The molecule has 0 aromatic carbocycles. The lowest BCUT2D eigenvalue weighted by molar-refractivity contribution is -0.131. The van der Waals surface area contributed by atoms with Gasteiger partial charge in [0.05, 0.1) is 6.54 Å². The van der Waals surface area contributed by atoms with Crippen LogP contribution in [0.1, 0.15) is 33.0 Å². The van der Waals surface area contributed by atoms with E-state index in [0.717, 1.165) is 13.0 Å². The van der Waals surface area contributed by atoms with Crippen LogP contribution >= 0.6 is 0 Å². The van der Waals surface area contributed by atoms with Gasteiger partial charge in [-0.2, -0.15) is 0 Å². The Morgan fingerprint density at radius 3 is 2.76 bits per heavy atom. The van der Waals surface area contributed by atoms with Crippen LogP contribution in [0.15, 0.2) is 6.33 Å². The minimum atomic E-state index is -0.966. The maximum absolute atomic E-state index is 12.1. The molecule has 2 N–H and O–H groups in total. The highest BCUT2D eigenvalue weighted by Crippen LogP contribution is 2.03. The number of carbonyl (C=O) groups is 2. The molecule has 21 heavy (non-hydrogen) atoms. The van der Waals surface area contributed by atoms with Crippen LogP contribution in [0.5, 0.6) is 0 Å². The highest BCUT2D eigenvalue weighted by Gasteiger charge is 2.28. The summed E-state index contributed by atoms with van der Waals surface area (Å²) in [4.78, 5) is 23.1. The van der Waals surface area contributed by atoms with Crippen molar-refractivity contribution in [2.24, 2.45) is 0 Å². The van der Waals surface area contributed by atoms with Crippen molar-refractivity contribution in [3.63, 3.8) is 0 Å². The second kappa shape index (κ2) is 7.72. The maximum Gasteiger partial charge on any atom is 0.245 e. The molecule has 8 heteroatoms. The third-order valence-corrected chi connectivity index (χ3v) is 2.91. The Morgan fingerprint density at radius 1 is 1.43 bits per heavy atom. The average Bonchev–Trinajstić information content (AvgIpc) is 2.82. The molecule has 1 rings (SSSR count). The van der Waals surface area contributed by atoms with Gasteiger partial charge in [0.1, 0.15) is 11.9 Å². The van der Waals surface area contributed by atoms with E-state index >= 15 is 0 Å². The van der Waals surface area contributed by atoms with E-state index in [-0.39, 0.29) is 18.4 Å². The lowest BCUT2D eigenvalue weighted by atomic mass is 10.0. The van der Waals surface area contributed by atoms with Gasteiger partial charge in [0, 0.05) is 27.2 Å². The molecule has 0 fully saturated rings. The minimum Gasteiger partial charge on any atom is -0.385 e. The van der Waals surface area contributed by atoms with Crippen molar-refractivity contribution < 1.29 is 14.3 Å². The van der Waals surface area contributed by atoms with Crippen LogP contribution in [0.3, 0.4) is 0 Å². The summed E-state index contributed by atoms with van der Waals surface area (Å²) in [6.45, 7) is 6.30. The van der Waals surface area contributed by atoms with Crippen molar-refractivity contribution in [1.82, 2.24) is 25.4 Å².